The molecule has 1 N–H and O–H groups in total. The molecular formula is C18H23N3O2. The number of para-hydroxylation sites is 1. The normalized spacial score (nSPS) is 15.7. The summed E-state index contributed by atoms with van der Waals surface area (Å²) in [5.41, 5.74) is 3.98. The monoisotopic (exact) mass is 313 g/mol. The first-order valence-electron chi connectivity index (χ1n) is 7.96. The van der Waals surface area contributed by atoms with Crippen LogP contribution in [-0.4, -0.2) is 39.9 Å². The van der Waals surface area contributed by atoms with E-state index in [1.165, 1.54) is 5.57 Å². The summed E-state index contributed by atoms with van der Waals surface area (Å²) < 4.78 is 5.43. The summed E-state index contributed by atoms with van der Waals surface area (Å²) >= 11 is 0. The lowest BCUT2D eigenvalue weighted by Gasteiger charge is -2.29. The number of hydrogen-bond donors (Lipinski definition) is 1. The van der Waals surface area contributed by atoms with Crippen molar-refractivity contribution in [3.63, 3.8) is 0 Å². The lowest BCUT2D eigenvalue weighted by atomic mass is 10.0. The highest BCUT2D eigenvalue weighted by Gasteiger charge is 2.24. The molecule has 0 saturated heterocycles. The zero-order valence-corrected chi connectivity index (χ0v) is 14.1. The highest BCUT2D eigenvalue weighted by atomic mass is 16.6. The summed E-state index contributed by atoms with van der Waals surface area (Å²) in [7, 11) is 0. The number of carbonyl (C=O) groups is 1. The molecule has 5 heteroatoms. The van der Waals surface area contributed by atoms with E-state index in [1.807, 2.05) is 26.8 Å². The van der Waals surface area contributed by atoms with E-state index in [2.05, 4.69) is 35.3 Å². The smallest absolute Gasteiger partial charge is 0.410 e. The molecule has 0 bridgehead atoms. The van der Waals surface area contributed by atoms with Gasteiger partial charge < -0.3 is 9.64 Å². The van der Waals surface area contributed by atoms with Crippen molar-refractivity contribution in [1.82, 2.24) is 15.1 Å². The van der Waals surface area contributed by atoms with Crippen molar-refractivity contribution in [1.29, 1.82) is 0 Å². The number of fused-ring (bicyclic) bond motifs is 1. The molecule has 122 valence electrons. The Morgan fingerprint density at radius 3 is 2.78 bits per heavy atom. The summed E-state index contributed by atoms with van der Waals surface area (Å²) in [6.45, 7) is 8.94. The molecule has 1 aromatic heterocycles. The molecule has 0 unspecified atom stereocenters. The Hall–Kier alpha value is -2.30. The number of hydrogen-bond acceptors (Lipinski definition) is 3. The van der Waals surface area contributed by atoms with Crippen LogP contribution in [0.4, 0.5) is 4.79 Å². The average Bonchev–Trinajstić information content (AvgIpc) is 2.91. The summed E-state index contributed by atoms with van der Waals surface area (Å²) in [5.74, 6) is 0. The van der Waals surface area contributed by atoms with Gasteiger partial charge in [-0.25, -0.2) is 4.79 Å². The van der Waals surface area contributed by atoms with Crippen LogP contribution in [0.2, 0.25) is 0 Å². The predicted molar refractivity (Wildman–Crippen MR) is 91.2 cm³/mol. The number of aromatic amines is 1. The Labute approximate surface area is 136 Å². The van der Waals surface area contributed by atoms with Crippen LogP contribution in [0, 0.1) is 6.92 Å². The van der Waals surface area contributed by atoms with Crippen molar-refractivity contribution in [3.8, 4) is 0 Å². The quantitative estimate of drug-likeness (QED) is 0.868. The molecule has 3 rings (SSSR count). The Kier molecular flexibility index (Phi) is 3.88. The molecule has 0 radical (unpaired) electrons. The topological polar surface area (TPSA) is 58.2 Å². The second-order valence-corrected chi connectivity index (χ2v) is 6.98. The molecule has 1 aliphatic heterocycles. The standard InChI is InChI=1S/C18H23N3O2/c1-12-6-5-7-14-15(12)19-20-16(14)13-8-10-21(11-9-13)17(22)23-18(2,3)4/h5-8H,9-11H2,1-4H3,(H,19,20). The Balaban J connectivity index is 1.79. The van der Waals surface area contributed by atoms with Crippen LogP contribution in [0.1, 0.15) is 38.4 Å². The number of ether oxygens (including phenoxy) is 1. The molecule has 2 aromatic rings. The first-order valence-corrected chi connectivity index (χ1v) is 7.96. The van der Waals surface area contributed by atoms with Crippen LogP contribution in [0.3, 0.4) is 0 Å². The number of aryl methyl sites for hydroxylation is 1. The Morgan fingerprint density at radius 2 is 2.13 bits per heavy atom. The molecule has 0 atom stereocenters. The van der Waals surface area contributed by atoms with Crippen LogP contribution >= 0.6 is 0 Å². The van der Waals surface area contributed by atoms with Crippen molar-refractivity contribution in [2.24, 2.45) is 0 Å². The van der Waals surface area contributed by atoms with Gasteiger partial charge in [-0.15, -0.1) is 0 Å². The summed E-state index contributed by atoms with van der Waals surface area (Å²) in [6.07, 6.45) is 2.63. The predicted octanol–water partition coefficient (Wildman–Crippen LogP) is 3.90. The minimum absolute atomic E-state index is 0.252. The molecule has 0 aliphatic carbocycles. The third-order valence-corrected chi connectivity index (χ3v) is 3.97. The van der Waals surface area contributed by atoms with E-state index in [1.54, 1.807) is 4.90 Å². The number of aromatic nitrogens is 2. The van der Waals surface area contributed by atoms with Crippen molar-refractivity contribution in [2.75, 3.05) is 13.1 Å². The van der Waals surface area contributed by atoms with Crippen LogP contribution in [0.25, 0.3) is 16.5 Å². The maximum absolute atomic E-state index is 12.1. The number of benzene rings is 1. The van der Waals surface area contributed by atoms with Gasteiger partial charge in [0, 0.05) is 18.5 Å². The molecular weight excluding hydrogens is 290 g/mol. The van der Waals surface area contributed by atoms with Gasteiger partial charge in [0.1, 0.15) is 5.60 Å². The molecule has 1 amide bonds. The van der Waals surface area contributed by atoms with Gasteiger partial charge in [0.2, 0.25) is 0 Å². The fraction of sp³-hybridized carbons (Fsp3) is 0.444. The lowest BCUT2D eigenvalue weighted by molar-refractivity contribution is 0.0270. The van der Waals surface area contributed by atoms with Crippen molar-refractivity contribution in [3.05, 3.63) is 35.5 Å². The number of carbonyl (C=O) groups excluding carboxylic acids is 1. The van der Waals surface area contributed by atoms with Gasteiger partial charge in [0.05, 0.1) is 11.2 Å². The highest BCUT2D eigenvalue weighted by Crippen LogP contribution is 2.28. The molecule has 1 aromatic carbocycles. The minimum atomic E-state index is -0.460. The van der Waals surface area contributed by atoms with E-state index >= 15 is 0 Å². The van der Waals surface area contributed by atoms with E-state index < -0.39 is 5.60 Å². The van der Waals surface area contributed by atoms with E-state index in [-0.39, 0.29) is 6.09 Å². The maximum atomic E-state index is 12.1. The summed E-state index contributed by atoms with van der Waals surface area (Å²) in [6, 6.07) is 6.20. The summed E-state index contributed by atoms with van der Waals surface area (Å²) in [4.78, 5) is 13.9. The van der Waals surface area contributed by atoms with E-state index in [0.717, 1.165) is 28.6 Å². The van der Waals surface area contributed by atoms with Gasteiger partial charge in [0.15, 0.2) is 0 Å². The van der Waals surface area contributed by atoms with E-state index in [4.69, 9.17) is 4.74 Å². The fourth-order valence-electron chi connectivity index (χ4n) is 2.81. The van der Waals surface area contributed by atoms with Crippen LogP contribution in [0.5, 0.6) is 0 Å². The zero-order valence-electron chi connectivity index (χ0n) is 14.1. The molecule has 0 saturated carbocycles. The van der Waals surface area contributed by atoms with Gasteiger partial charge in [-0.05, 0) is 45.3 Å². The minimum Gasteiger partial charge on any atom is -0.444 e. The average molecular weight is 313 g/mol. The van der Waals surface area contributed by atoms with Crippen molar-refractivity contribution < 1.29 is 9.53 Å². The molecule has 2 heterocycles. The van der Waals surface area contributed by atoms with Crippen molar-refractivity contribution in [2.45, 2.75) is 39.7 Å². The van der Waals surface area contributed by atoms with E-state index in [0.29, 0.717) is 13.1 Å². The molecule has 0 fully saturated rings. The van der Waals surface area contributed by atoms with Gasteiger partial charge in [0.25, 0.3) is 0 Å². The largest absolute Gasteiger partial charge is 0.444 e. The van der Waals surface area contributed by atoms with Gasteiger partial charge in [-0.2, -0.15) is 5.10 Å². The van der Waals surface area contributed by atoms with Gasteiger partial charge in [-0.1, -0.05) is 24.3 Å². The Morgan fingerprint density at radius 1 is 1.35 bits per heavy atom. The summed E-state index contributed by atoms with van der Waals surface area (Å²) in [5, 5.41) is 8.72. The van der Waals surface area contributed by atoms with Gasteiger partial charge >= 0.3 is 6.09 Å². The van der Waals surface area contributed by atoms with E-state index in [9.17, 15) is 4.79 Å². The number of nitrogens with one attached hydrogen (secondary N) is 1. The van der Waals surface area contributed by atoms with Crippen LogP contribution in [-0.2, 0) is 4.74 Å². The molecule has 23 heavy (non-hydrogen) atoms. The first-order chi connectivity index (χ1) is 10.8. The van der Waals surface area contributed by atoms with Crippen LogP contribution < -0.4 is 0 Å². The second-order valence-electron chi connectivity index (χ2n) is 6.98. The van der Waals surface area contributed by atoms with Crippen LogP contribution in [0.15, 0.2) is 24.3 Å². The molecule has 1 aliphatic rings. The number of rotatable bonds is 1. The Bertz CT molecular complexity index is 768. The third-order valence-electron chi connectivity index (χ3n) is 3.97. The number of nitrogens with zero attached hydrogens (tertiary/aromatic N) is 2. The SMILES string of the molecule is Cc1cccc2c(C3=CCN(C(=O)OC(C)(C)C)CC3)[nH]nc12. The second kappa shape index (κ2) is 5.72. The molecule has 5 nitrogen and oxygen atoms in total. The maximum Gasteiger partial charge on any atom is 0.410 e. The zero-order chi connectivity index (χ0) is 16.6. The van der Waals surface area contributed by atoms with Crippen molar-refractivity contribution >= 4 is 22.6 Å². The first kappa shape index (κ1) is 15.6. The van der Waals surface area contributed by atoms with Gasteiger partial charge in [-0.3, -0.25) is 5.10 Å². The lowest BCUT2D eigenvalue weighted by Crippen LogP contribution is -2.39. The number of H-pyrrole nitrogens is 1. The number of amides is 1. The highest BCUT2D eigenvalue weighted by molar-refractivity contribution is 5.92. The molecule has 0 spiro atoms. The third kappa shape index (κ3) is 3.23. The fourth-order valence-corrected chi connectivity index (χ4v) is 2.81.